The lowest BCUT2D eigenvalue weighted by Gasteiger charge is -2.43. The molecule has 1 aromatic heterocycles. The molecule has 2 heterocycles. The van der Waals surface area contributed by atoms with Crippen molar-refractivity contribution in [3.05, 3.63) is 41.7 Å². The van der Waals surface area contributed by atoms with Crippen LogP contribution in [0.4, 0.5) is 5.69 Å². The van der Waals surface area contributed by atoms with E-state index in [1.807, 2.05) is 0 Å². The Labute approximate surface area is 193 Å². The molecule has 4 rings (SSSR count). The number of carbonyl (C=O) groups is 3. The molecule has 1 unspecified atom stereocenters. The number of nitrogens with zero attached hydrogens (tertiary/aromatic N) is 3. The SMILES string of the molecule is COC(=O)c1cc2n(n1)CC(C)(C(=O)NC1CCCCCC1)N(c1ccc(OC)cc1)C2=O. The van der Waals surface area contributed by atoms with E-state index in [-0.39, 0.29) is 29.9 Å². The summed E-state index contributed by atoms with van der Waals surface area (Å²) in [5, 5.41) is 7.45. The van der Waals surface area contributed by atoms with Gasteiger partial charge in [0.05, 0.1) is 20.8 Å². The van der Waals surface area contributed by atoms with E-state index in [0.29, 0.717) is 11.4 Å². The summed E-state index contributed by atoms with van der Waals surface area (Å²) in [5.41, 5.74) is -0.425. The first kappa shape index (κ1) is 22.8. The van der Waals surface area contributed by atoms with Crippen molar-refractivity contribution in [1.82, 2.24) is 15.1 Å². The fraction of sp³-hybridized carbons (Fsp3) is 0.500. The monoisotopic (exact) mass is 454 g/mol. The highest BCUT2D eigenvalue weighted by Gasteiger charge is 2.49. The number of rotatable bonds is 5. The second kappa shape index (κ2) is 9.25. The van der Waals surface area contributed by atoms with Gasteiger partial charge in [-0.05, 0) is 44.0 Å². The number of nitrogens with one attached hydrogen (secondary N) is 1. The summed E-state index contributed by atoms with van der Waals surface area (Å²) in [5.74, 6) is -0.636. The number of carbonyl (C=O) groups excluding carboxylic acids is 3. The number of amides is 2. The molecular formula is C24H30N4O5. The second-order valence-corrected chi connectivity index (χ2v) is 8.84. The molecule has 0 radical (unpaired) electrons. The Morgan fingerprint density at radius 1 is 1.09 bits per heavy atom. The van der Waals surface area contributed by atoms with Gasteiger partial charge in [-0.25, -0.2) is 4.79 Å². The molecule has 9 heteroatoms. The first-order valence-electron chi connectivity index (χ1n) is 11.3. The number of hydrogen-bond acceptors (Lipinski definition) is 6. The molecule has 1 aliphatic carbocycles. The molecule has 9 nitrogen and oxygen atoms in total. The fourth-order valence-corrected chi connectivity index (χ4v) is 4.69. The zero-order valence-corrected chi connectivity index (χ0v) is 19.3. The number of methoxy groups -OCH3 is 2. The van der Waals surface area contributed by atoms with Gasteiger partial charge in [0.1, 0.15) is 17.0 Å². The number of esters is 1. The van der Waals surface area contributed by atoms with E-state index in [4.69, 9.17) is 9.47 Å². The van der Waals surface area contributed by atoms with Gasteiger partial charge in [0.25, 0.3) is 5.91 Å². The van der Waals surface area contributed by atoms with E-state index >= 15 is 0 Å². The molecule has 0 saturated heterocycles. The van der Waals surface area contributed by atoms with Crippen molar-refractivity contribution in [3.63, 3.8) is 0 Å². The van der Waals surface area contributed by atoms with E-state index in [0.717, 1.165) is 25.7 Å². The molecule has 176 valence electrons. The fourth-order valence-electron chi connectivity index (χ4n) is 4.69. The number of aromatic nitrogens is 2. The maximum Gasteiger partial charge on any atom is 0.358 e. The van der Waals surface area contributed by atoms with Crippen molar-refractivity contribution in [2.24, 2.45) is 0 Å². The summed E-state index contributed by atoms with van der Waals surface area (Å²) < 4.78 is 11.4. The Morgan fingerprint density at radius 3 is 2.36 bits per heavy atom. The van der Waals surface area contributed by atoms with Crippen molar-refractivity contribution in [3.8, 4) is 5.75 Å². The molecule has 1 aromatic carbocycles. The van der Waals surface area contributed by atoms with Gasteiger partial charge in [0.15, 0.2) is 5.69 Å². The zero-order valence-electron chi connectivity index (χ0n) is 19.3. The maximum atomic E-state index is 13.7. The standard InChI is InChI=1S/C24H30N4O5/c1-24(23(31)25-16-8-6-4-5-7-9-16)15-27-20(14-19(26-27)22(30)33-3)21(29)28(24)17-10-12-18(32-2)13-11-17/h10-14,16H,4-9,15H2,1-3H3,(H,25,31). The Balaban J connectivity index is 1.73. The molecule has 0 spiro atoms. The summed E-state index contributed by atoms with van der Waals surface area (Å²) >= 11 is 0. The summed E-state index contributed by atoms with van der Waals surface area (Å²) in [4.78, 5) is 40.9. The minimum atomic E-state index is -1.25. The first-order valence-corrected chi connectivity index (χ1v) is 11.3. The number of anilines is 1. The molecule has 1 fully saturated rings. The topological polar surface area (TPSA) is 103 Å². The van der Waals surface area contributed by atoms with Gasteiger partial charge in [0, 0.05) is 17.8 Å². The molecule has 1 N–H and O–H groups in total. The van der Waals surface area contributed by atoms with Crippen LogP contribution in [0.3, 0.4) is 0 Å². The molecule has 2 aromatic rings. The van der Waals surface area contributed by atoms with Crippen molar-refractivity contribution < 1.29 is 23.9 Å². The van der Waals surface area contributed by atoms with Gasteiger partial charge in [-0.15, -0.1) is 0 Å². The Hall–Kier alpha value is -3.36. The number of ether oxygens (including phenoxy) is 2. The van der Waals surface area contributed by atoms with Crippen LogP contribution in [0.15, 0.2) is 30.3 Å². The number of hydrogen-bond donors (Lipinski definition) is 1. The summed E-state index contributed by atoms with van der Waals surface area (Å²) in [6, 6.07) is 8.49. The summed E-state index contributed by atoms with van der Waals surface area (Å²) in [6.07, 6.45) is 6.36. The molecule has 33 heavy (non-hydrogen) atoms. The highest BCUT2D eigenvalue weighted by atomic mass is 16.5. The Kier molecular flexibility index (Phi) is 6.40. The third-order valence-electron chi connectivity index (χ3n) is 6.56. The molecule has 1 aliphatic heterocycles. The normalized spacial score (nSPS) is 21.2. The smallest absolute Gasteiger partial charge is 0.358 e. The van der Waals surface area contributed by atoms with Crippen molar-refractivity contribution in [1.29, 1.82) is 0 Å². The van der Waals surface area contributed by atoms with Gasteiger partial charge in [-0.2, -0.15) is 5.10 Å². The summed E-state index contributed by atoms with van der Waals surface area (Å²) in [7, 11) is 2.83. The molecule has 1 saturated carbocycles. The average molecular weight is 455 g/mol. The maximum absolute atomic E-state index is 13.7. The highest BCUT2D eigenvalue weighted by Crippen LogP contribution is 2.34. The van der Waals surface area contributed by atoms with Crippen LogP contribution in [0, 0.1) is 0 Å². The first-order chi connectivity index (χ1) is 15.9. The van der Waals surface area contributed by atoms with Crippen molar-refractivity contribution >= 4 is 23.5 Å². The lowest BCUT2D eigenvalue weighted by Crippen LogP contribution is -2.65. The van der Waals surface area contributed by atoms with Crippen LogP contribution >= 0.6 is 0 Å². The Morgan fingerprint density at radius 2 is 1.76 bits per heavy atom. The minimum Gasteiger partial charge on any atom is -0.497 e. The van der Waals surface area contributed by atoms with Crippen LogP contribution in [0.5, 0.6) is 5.75 Å². The van der Waals surface area contributed by atoms with Crippen LogP contribution in [-0.4, -0.2) is 53.4 Å². The van der Waals surface area contributed by atoms with E-state index in [2.05, 4.69) is 10.4 Å². The zero-order chi connectivity index (χ0) is 23.6. The van der Waals surface area contributed by atoms with Crippen molar-refractivity contribution in [2.75, 3.05) is 19.1 Å². The second-order valence-electron chi connectivity index (χ2n) is 8.84. The van der Waals surface area contributed by atoms with Crippen LogP contribution in [-0.2, 0) is 16.1 Å². The van der Waals surface area contributed by atoms with Gasteiger partial charge in [0.2, 0.25) is 5.91 Å². The van der Waals surface area contributed by atoms with Crippen LogP contribution in [0.25, 0.3) is 0 Å². The van der Waals surface area contributed by atoms with Gasteiger partial charge < -0.3 is 14.8 Å². The largest absolute Gasteiger partial charge is 0.497 e. The predicted molar refractivity (Wildman–Crippen MR) is 121 cm³/mol. The van der Waals surface area contributed by atoms with E-state index < -0.39 is 17.4 Å². The number of benzene rings is 1. The lowest BCUT2D eigenvalue weighted by molar-refractivity contribution is -0.127. The molecule has 0 bridgehead atoms. The molecule has 2 amide bonds. The summed E-state index contributed by atoms with van der Waals surface area (Å²) in [6.45, 7) is 1.85. The van der Waals surface area contributed by atoms with Gasteiger partial charge in [-0.1, -0.05) is 25.7 Å². The Bertz CT molecular complexity index is 1040. The third kappa shape index (κ3) is 4.31. The van der Waals surface area contributed by atoms with E-state index in [1.54, 1.807) is 38.3 Å². The quantitative estimate of drug-likeness (QED) is 0.550. The predicted octanol–water partition coefficient (Wildman–Crippen LogP) is 2.94. The van der Waals surface area contributed by atoms with E-state index in [9.17, 15) is 14.4 Å². The van der Waals surface area contributed by atoms with Crippen LogP contribution in [0.1, 0.15) is 66.4 Å². The lowest BCUT2D eigenvalue weighted by atomic mass is 9.93. The third-order valence-corrected chi connectivity index (χ3v) is 6.56. The van der Waals surface area contributed by atoms with Gasteiger partial charge in [-0.3, -0.25) is 19.2 Å². The molecule has 2 aliphatic rings. The molecular weight excluding hydrogens is 424 g/mol. The number of fused-ring (bicyclic) bond motifs is 1. The molecule has 1 atom stereocenters. The highest BCUT2D eigenvalue weighted by molar-refractivity contribution is 6.12. The average Bonchev–Trinajstić information content (AvgIpc) is 3.07. The van der Waals surface area contributed by atoms with Crippen LogP contribution in [0.2, 0.25) is 0 Å². The minimum absolute atomic E-state index is 0.0314. The van der Waals surface area contributed by atoms with Crippen LogP contribution < -0.4 is 15.0 Å². The van der Waals surface area contributed by atoms with E-state index in [1.165, 1.54) is 35.6 Å². The van der Waals surface area contributed by atoms with Crippen molar-refractivity contribution in [2.45, 2.75) is 63.6 Å². The van der Waals surface area contributed by atoms with Gasteiger partial charge >= 0.3 is 5.97 Å².